The van der Waals surface area contributed by atoms with E-state index in [0.717, 1.165) is 49.8 Å². The first-order chi connectivity index (χ1) is 10.3. The second kappa shape index (κ2) is 6.26. The Kier molecular flexibility index (Phi) is 4.20. The number of amides is 1. The largest absolute Gasteiger partial charge is 0.337 e. The molecule has 0 aliphatic carbocycles. The number of benzene rings is 1. The molecule has 0 atom stereocenters. The molecule has 5 heteroatoms. The van der Waals surface area contributed by atoms with Crippen LogP contribution in [0.5, 0.6) is 0 Å². The molecule has 2 heterocycles. The van der Waals surface area contributed by atoms with E-state index in [4.69, 9.17) is 0 Å². The Bertz CT molecular complexity index is 614. The molecule has 0 saturated carbocycles. The van der Waals surface area contributed by atoms with Gasteiger partial charge in [0.05, 0.1) is 5.52 Å². The fourth-order valence-electron chi connectivity index (χ4n) is 2.91. The molecular weight excluding hydrogens is 264 g/mol. The van der Waals surface area contributed by atoms with Crippen molar-refractivity contribution in [2.75, 3.05) is 19.6 Å². The quantitative estimate of drug-likeness (QED) is 0.905. The summed E-state index contributed by atoms with van der Waals surface area (Å²) in [6.07, 6.45) is 3.20. The number of aromatic amines is 1. The lowest BCUT2D eigenvalue weighted by molar-refractivity contribution is 0.0701. The molecule has 2 aromatic rings. The first kappa shape index (κ1) is 14.1. The van der Waals surface area contributed by atoms with Crippen LogP contribution in [-0.4, -0.2) is 46.7 Å². The van der Waals surface area contributed by atoms with Gasteiger partial charge in [-0.15, -0.1) is 0 Å². The number of hydrogen-bond donors (Lipinski definition) is 2. The van der Waals surface area contributed by atoms with Crippen LogP contribution in [0.2, 0.25) is 0 Å². The summed E-state index contributed by atoms with van der Waals surface area (Å²) in [6.45, 7) is 4.85. The van der Waals surface area contributed by atoms with Crippen molar-refractivity contribution in [1.82, 2.24) is 20.4 Å². The predicted molar refractivity (Wildman–Crippen MR) is 83.3 cm³/mol. The first-order valence-electron chi connectivity index (χ1n) is 7.75. The second-order valence-corrected chi connectivity index (χ2v) is 5.64. The van der Waals surface area contributed by atoms with Gasteiger partial charge in [0.25, 0.3) is 5.91 Å². The van der Waals surface area contributed by atoms with Crippen LogP contribution in [0.15, 0.2) is 24.3 Å². The van der Waals surface area contributed by atoms with Gasteiger partial charge in [0.1, 0.15) is 0 Å². The fourth-order valence-corrected chi connectivity index (χ4v) is 2.91. The lowest BCUT2D eigenvalue weighted by Crippen LogP contribution is -2.45. The average molecular weight is 286 g/mol. The number of fused-ring (bicyclic) bond motifs is 1. The maximum atomic E-state index is 12.6. The number of carbonyl (C=O) groups excluding carboxylic acids is 1. The van der Waals surface area contributed by atoms with E-state index in [9.17, 15) is 4.79 Å². The Morgan fingerprint density at radius 3 is 2.90 bits per heavy atom. The molecule has 0 spiro atoms. The summed E-state index contributed by atoms with van der Waals surface area (Å²) < 4.78 is 0. The number of rotatable bonds is 4. The van der Waals surface area contributed by atoms with Gasteiger partial charge < -0.3 is 10.2 Å². The number of nitrogens with one attached hydrogen (secondary N) is 2. The van der Waals surface area contributed by atoms with Crippen LogP contribution in [0.25, 0.3) is 10.9 Å². The fraction of sp³-hybridized carbons (Fsp3) is 0.500. The van der Waals surface area contributed by atoms with Crippen molar-refractivity contribution < 1.29 is 4.79 Å². The zero-order valence-corrected chi connectivity index (χ0v) is 12.4. The lowest BCUT2D eigenvalue weighted by atomic mass is 10.0. The summed E-state index contributed by atoms with van der Waals surface area (Å²) in [6, 6.07) is 8.32. The van der Waals surface area contributed by atoms with Gasteiger partial charge in [-0.1, -0.05) is 25.1 Å². The maximum absolute atomic E-state index is 12.6. The van der Waals surface area contributed by atoms with Crippen molar-refractivity contribution in [2.24, 2.45) is 0 Å². The van der Waals surface area contributed by atoms with E-state index in [2.05, 4.69) is 22.4 Å². The smallest absolute Gasteiger partial charge is 0.274 e. The minimum absolute atomic E-state index is 0.0430. The highest BCUT2D eigenvalue weighted by Crippen LogP contribution is 2.19. The minimum Gasteiger partial charge on any atom is -0.337 e. The Labute approximate surface area is 124 Å². The molecule has 21 heavy (non-hydrogen) atoms. The van der Waals surface area contributed by atoms with Gasteiger partial charge in [0.2, 0.25) is 0 Å². The Morgan fingerprint density at radius 1 is 1.38 bits per heavy atom. The third-order valence-corrected chi connectivity index (χ3v) is 4.14. The summed E-state index contributed by atoms with van der Waals surface area (Å²) in [7, 11) is 0. The summed E-state index contributed by atoms with van der Waals surface area (Å²) in [5.41, 5.74) is 1.46. The molecular formula is C16H22N4O. The molecule has 112 valence electrons. The molecule has 1 amide bonds. The Hall–Kier alpha value is -1.88. The van der Waals surface area contributed by atoms with Crippen molar-refractivity contribution in [3.63, 3.8) is 0 Å². The SMILES string of the molecule is CCCNC1CCN(C(=O)c2n[nH]c3ccccc23)CC1. The van der Waals surface area contributed by atoms with Gasteiger partial charge in [-0.05, 0) is 31.9 Å². The number of para-hydroxylation sites is 1. The summed E-state index contributed by atoms with van der Waals surface area (Å²) in [5, 5.41) is 11.6. The van der Waals surface area contributed by atoms with Crippen molar-refractivity contribution in [3.8, 4) is 0 Å². The first-order valence-corrected chi connectivity index (χ1v) is 7.75. The van der Waals surface area contributed by atoms with Crippen LogP contribution in [0.1, 0.15) is 36.7 Å². The van der Waals surface area contributed by atoms with Gasteiger partial charge >= 0.3 is 0 Å². The Balaban J connectivity index is 1.67. The zero-order valence-electron chi connectivity index (χ0n) is 12.4. The highest BCUT2D eigenvalue weighted by Gasteiger charge is 2.25. The normalized spacial score (nSPS) is 16.5. The van der Waals surface area contributed by atoms with E-state index in [0.29, 0.717) is 11.7 Å². The molecule has 0 radical (unpaired) electrons. The Morgan fingerprint density at radius 2 is 2.14 bits per heavy atom. The lowest BCUT2D eigenvalue weighted by Gasteiger charge is -2.32. The van der Waals surface area contributed by atoms with E-state index >= 15 is 0 Å². The molecule has 0 unspecified atom stereocenters. The summed E-state index contributed by atoms with van der Waals surface area (Å²) in [5.74, 6) is 0.0430. The van der Waals surface area contributed by atoms with Crippen LogP contribution in [0.4, 0.5) is 0 Å². The van der Waals surface area contributed by atoms with Crippen molar-refractivity contribution >= 4 is 16.8 Å². The van der Waals surface area contributed by atoms with Crippen molar-refractivity contribution in [1.29, 1.82) is 0 Å². The van der Waals surface area contributed by atoms with Crippen LogP contribution in [-0.2, 0) is 0 Å². The molecule has 1 fully saturated rings. The third kappa shape index (κ3) is 2.93. The molecule has 1 aliphatic rings. The highest BCUT2D eigenvalue weighted by molar-refractivity contribution is 6.04. The van der Waals surface area contributed by atoms with E-state index in [1.165, 1.54) is 0 Å². The third-order valence-electron chi connectivity index (χ3n) is 4.14. The topological polar surface area (TPSA) is 61.0 Å². The van der Waals surface area contributed by atoms with E-state index in [-0.39, 0.29) is 5.91 Å². The molecule has 1 aromatic heterocycles. The highest BCUT2D eigenvalue weighted by atomic mass is 16.2. The monoisotopic (exact) mass is 286 g/mol. The standard InChI is InChI=1S/C16H22N4O/c1-2-9-17-12-7-10-20(11-8-12)16(21)15-13-5-3-4-6-14(13)18-19-15/h3-6,12,17H,2,7-11H2,1H3,(H,18,19). The van der Waals surface area contributed by atoms with Crippen LogP contribution in [0, 0.1) is 0 Å². The van der Waals surface area contributed by atoms with Gasteiger partial charge in [0, 0.05) is 24.5 Å². The second-order valence-electron chi connectivity index (χ2n) is 5.64. The molecule has 2 N–H and O–H groups in total. The zero-order chi connectivity index (χ0) is 14.7. The van der Waals surface area contributed by atoms with E-state index in [1.807, 2.05) is 29.2 Å². The summed E-state index contributed by atoms with van der Waals surface area (Å²) >= 11 is 0. The van der Waals surface area contributed by atoms with Gasteiger partial charge in [-0.2, -0.15) is 5.10 Å². The number of nitrogens with zero attached hydrogens (tertiary/aromatic N) is 2. The molecule has 0 bridgehead atoms. The maximum Gasteiger partial charge on any atom is 0.274 e. The van der Waals surface area contributed by atoms with Crippen LogP contribution >= 0.6 is 0 Å². The predicted octanol–water partition coefficient (Wildman–Crippen LogP) is 2.17. The number of carbonyl (C=O) groups is 1. The van der Waals surface area contributed by atoms with Gasteiger partial charge in [0.15, 0.2) is 5.69 Å². The molecule has 1 aromatic carbocycles. The molecule has 3 rings (SSSR count). The van der Waals surface area contributed by atoms with Crippen LogP contribution < -0.4 is 5.32 Å². The molecule has 1 saturated heterocycles. The van der Waals surface area contributed by atoms with Gasteiger partial charge in [-0.3, -0.25) is 9.89 Å². The number of hydrogen-bond acceptors (Lipinski definition) is 3. The van der Waals surface area contributed by atoms with Gasteiger partial charge in [-0.25, -0.2) is 0 Å². The van der Waals surface area contributed by atoms with E-state index in [1.54, 1.807) is 0 Å². The number of aromatic nitrogens is 2. The number of piperidine rings is 1. The van der Waals surface area contributed by atoms with Crippen molar-refractivity contribution in [2.45, 2.75) is 32.2 Å². The van der Waals surface area contributed by atoms with E-state index < -0.39 is 0 Å². The summed E-state index contributed by atoms with van der Waals surface area (Å²) in [4.78, 5) is 14.5. The average Bonchev–Trinajstić information content (AvgIpc) is 2.97. The van der Waals surface area contributed by atoms with Crippen molar-refractivity contribution in [3.05, 3.63) is 30.0 Å². The number of H-pyrrole nitrogens is 1. The molecule has 5 nitrogen and oxygen atoms in total. The number of likely N-dealkylation sites (tertiary alicyclic amines) is 1. The minimum atomic E-state index is 0.0430. The molecule has 1 aliphatic heterocycles. The van der Waals surface area contributed by atoms with Crippen LogP contribution in [0.3, 0.4) is 0 Å².